The fraction of sp³-hybridized carbons (Fsp3) is 0.250. The molecule has 1 aliphatic heterocycles. The van der Waals surface area contributed by atoms with E-state index < -0.39 is 32.2 Å². The van der Waals surface area contributed by atoms with Crippen LogP contribution >= 0.6 is 11.8 Å². The Bertz CT molecular complexity index is 853. The predicted molar refractivity (Wildman–Crippen MR) is 88.0 cm³/mol. The maximum Gasteiger partial charge on any atom is 0.246 e. The summed E-state index contributed by atoms with van der Waals surface area (Å²) in [6.07, 6.45) is 0. The Balaban J connectivity index is 1.88. The molecule has 1 heterocycles. The summed E-state index contributed by atoms with van der Waals surface area (Å²) in [5.74, 6) is -1.35. The second kappa shape index (κ2) is 6.44. The molecule has 2 N–H and O–H groups in total. The van der Waals surface area contributed by atoms with Gasteiger partial charge in [-0.2, -0.15) is 11.8 Å². The number of sulfonamides is 1. The SMILES string of the molecule is O=S(=O)(NCC1(O)CSCc2ccccc21)c1c(F)cccc1F. The first-order valence-corrected chi connectivity index (χ1v) is 9.79. The van der Waals surface area contributed by atoms with E-state index >= 15 is 0 Å². The fourth-order valence-electron chi connectivity index (χ4n) is 2.68. The van der Waals surface area contributed by atoms with Crippen molar-refractivity contribution in [3.8, 4) is 0 Å². The summed E-state index contributed by atoms with van der Waals surface area (Å²) >= 11 is 1.46. The molecule has 0 spiro atoms. The number of aliphatic hydroxyl groups is 1. The van der Waals surface area contributed by atoms with Crippen LogP contribution in [-0.2, 0) is 21.4 Å². The molecule has 0 saturated heterocycles. The van der Waals surface area contributed by atoms with Crippen LogP contribution in [0.4, 0.5) is 8.78 Å². The maximum atomic E-state index is 13.7. The van der Waals surface area contributed by atoms with Crippen molar-refractivity contribution in [1.82, 2.24) is 4.72 Å². The highest BCUT2D eigenvalue weighted by atomic mass is 32.2. The van der Waals surface area contributed by atoms with Gasteiger partial charge in [0.2, 0.25) is 10.0 Å². The van der Waals surface area contributed by atoms with Crippen molar-refractivity contribution in [3.63, 3.8) is 0 Å². The van der Waals surface area contributed by atoms with Gasteiger partial charge in [0.05, 0.1) is 0 Å². The number of hydrogen-bond donors (Lipinski definition) is 2. The molecule has 1 aliphatic rings. The van der Waals surface area contributed by atoms with E-state index in [4.69, 9.17) is 0 Å². The lowest BCUT2D eigenvalue weighted by atomic mass is 9.91. The molecule has 0 aromatic heterocycles. The van der Waals surface area contributed by atoms with E-state index in [9.17, 15) is 22.3 Å². The Kier molecular flexibility index (Phi) is 4.65. The van der Waals surface area contributed by atoms with Gasteiger partial charge in [0.1, 0.15) is 17.2 Å². The molecule has 0 aliphatic carbocycles. The molecule has 4 nitrogen and oxygen atoms in total. The molecular formula is C16H15F2NO3S2. The minimum atomic E-state index is -4.43. The van der Waals surface area contributed by atoms with E-state index in [1.807, 2.05) is 12.1 Å². The van der Waals surface area contributed by atoms with Crippen LogP contribution in [0, 0.1) is 11.6 Å². The van der Waals surface area contributed by atoms with E-state index in [-0.39, 0.29) is 12.3 Å². The topological polar surface area (TPSA) is 66.4 Å². The lowest BCUT2D eigenvalue weighted by molar-refractivity contribution is 0.0659. The third-order valence-electron chi connectivity index (χ3n) is 3.86. The van der Waals surface area contributed by atoms with Crippen molar-refractivity contribution in [2.75, 3.05) is 12.3 Å². The number of rotatable bonds is 4. The molecule has 1 unspecified atom stereocenters. The Morgan fingerprint density at radius 1 is 1.12 bits per heavy atom. The zero-order valence-corrected chi connectivity index (χ0v) is 14.1. The summed E-state index contributed by atoms with van der Waals surface area (Å²) in [6.45, 7) is -0.368. The van der Waals surface area contributed by atoms with Crippen LogP contribution in [0.3, 0.4) is 0 Å². The second-order valence-corrected chi connectivity index (χ2v) is 8.25. The van der Waals surface area contributed by atoms with Crippen molar-refractivity contribution >= 4 is 21.8 Å². The summed E-state index contributed by atoms with van der Waals surface area (Å²) < 4.78 is 54.1. The van der Waals surface area contributed by atoms with E-state index in [0.717, 1.165) is 23.8 Å². The van der Waals surface area contributed by atoms with Gasteiger partial charge in [-0.25, -0.2) is 21.9 Å². The van der Waals surface area contributed by atoms with Crippen LogP contribution in [0.1, 0.15) is 11.1 Å². The summed E-state index contributed by atoms with van der Waals surface area (Å²) in [5, 5.41) is 10.8. The van der Waals surface area contributed by atoms with E-state index in [2.05, 4.69) is 4.72 Å². The van der Waals surface area contributed by atoms with E-state index in [1.54, 1.807) is 12.1 Å². The highest BCUT2D eigenvalue weighted by Crippen LogP contribution is 2.36. The third kappa shape index (κ3) is 3.19. The number of nitrogens with one attached hydrogen (secondary N) is 1. The minimum absolute atomic E-state index is 0.284. The van der Waals surface area contributed by atoms with Crippen LogP contribution in [0.5, 0.6) is 0 Å². The lowest BCUT2D eigenvalue weighted by Gasteiger charge is -2.34. The Morgan fingerprint density at radius 3 is 2.50 bits per heavy atom. The Hall–Kier alpha value is -1.48. The Labute approximate surface area is 143 Å². The third-order valence-corrected chi connectivity index (χ3v) is 6.51. The molecule has 24 heavy (non-hydrogen) atoms. The first-order valence-electron chi connectivity index (χ1n) is 7.16. The van der Waals surface area contributed by atoms with Gasteiger partial charge in [-0.15, -0.1) is 0 Å². The molecule has 0 fully saturated rings. The van der Waals surface area contributed by atoms with Gasteiger partial charge in [-0.05, 0) is 23.3 Å². The average molecular weight is 371 g/mol. The monoisotopic (exact) mass is 371 g/mol. The number of hydrogen-bond acceptors (Lipinski definition) is 4. The predicted octanol–water partition coefficient (Wildman–Crippen LogP) is 2.38. The summed E-state index contributed by atoms with van der Waals surface area (Å²) in [5.41, 5.74) is 0.0990. The van der Waals surface area contributed by atoms with Crippen molar-refractivity contribution < 1.29 is 22.3 Å². The van der Waals surface area contributed by atoms with Gasteiger partial charge in [0.15, 0.2) is 4.90 Å². The highest BCUT2D eigenvalue weighted by Gasteiger charge is 2.36. The first-order chi connectivity index (χ1) is 11.3. The molecule has 1 atom stereocenters. The fourth-order valence-corrected chi connectivity index (χ4v) is 5.07. The highest BCUT2D eigenvalue weighted by molar-refractivity contribution is 7.98. The number of halogens is 2. The summed E-state index contributed by atoms with van der Waals surface area (Å²) in [7, 11) is -4.43. The van der Waals surface area contributed by atoms with Crippen LogP contribution < -0.4 is 4.72 Å². The molecule has 2 aromatic carbocycles. The van der Waals surface area contributed by atoms with Crippen molar-refractivity contribution in [2.45, 2.75) is 16.2 Å². The molecule has 2 aromatic rings. The number of thioether (sulfide) groups is 1. The quantitative estimate of drug-likeness (QED) is 0.866. The van der Waals surface area contributed by atoms with Gasteiger partial charge in [-0.1, -0.05) is 30.3 Å². The first kappa shape index (κ1) is 17.3. The van der Waals surface area contributed by atoms with Gasteiger partial charge in [0, 0.05) is 18.1 Å². The zero-order chi connectivity index (χ0) is 17.4. The van der Waals surface area contributed by atoms with E-state index in [0.29, 0.717) is 11.3 Å². The molecule has 0 saturated carbocycles. The summed E-state index contributed by atoms with van der Waals surface area (Å²) in [6, 6.07) is 10.0. The van der Waals surface area contributed by atoms with E-state index in [1.165, 1.54) is 11.8 Å². The van der Waals surface area contributed by atoms with Crippen LogP contribution in [0.25, 0.3) is 0 Å². The Morgan fingerprint density at radius 2 is 1.79 bits per heavy atom. The number of benzene rings is 2. The average Bonchev–Trinajstić information content (AvgIpc) is 2.53. The maximum absolute atomic E-state index is 13.7. The second-order valence-electron chi connectivity index (χ2n) is 5.56. The van der Waals surface area contributed by atoms with Crippen LogP contribution in [0.2, 0.25) is 0 Å². The van der Waals surface area contributed by atoms with Gasteiger partial charge in [-0.3, -0.25) is 0 Å². The standard InChI is InChI=1S/C16H15F2NO3S2/c17-13-6-3-7-14(18)15(13)24(21,22)19-9-16(20)10-23-8-11-4-1-2-5-12(11)16/h1-7,19-20H,8-10H2. The van der Waals surface area contributed by atoms with Crippen LogP contribution in [0.15, 0.2) is 47.4 Å². The lowest BCUT2D eigenvalue weighted by Crippen LogP contribution is -2.44. The van der Waals surface area contributed by atoms with Crippen molar-refractivity contribution in [1.29, 1.82) is 0 Å². The van der Waals surface area contributed by atoms with Gasteiger partial charge >= 0.3 is 0 Å². The van der Waals surface area contributed by atoms with Crippen molar-refractivity contribution in [2.24, 2.45) is 0 Å². The smallest absolute Gasteiger partial charge is 0.246 e. The summed E-state index contributed by atoms with van der Waals surface area (Å²) in [4.78, 5) is -1.04. The van der Waals surface area contributed by atoms with Crippen molar-refractivity contribution in [3.05, 3.63) is 65.2 Å². The number of fused-ring (bicyclic) bond motifs is 1. The molecular weight excluding hydrogens is 356 g/mol. The largest absolute Gasteiger partial charge is 0.383 e. The molecule has 0 amide bonds. The van der Waals surface area contributed by atoms with Crippen LogP contribution in [-0.4, -0.2) is 25.8 Å². The molecule has 0 bridgehead atoms. The van der Waals surface area contributed by atoms with Gasteiger partial charge in [0.25, 0.3) is 0 Å². The normalized spacial score (nSPS) is 20.6. The molecule has 0 radical (unpaired) electrons. The van der Waals surface area contributed by atoms with Gasteiger partial charge < -0.3 is 5.11 Å². The molecule has 8 heteroatoms. The minimum Gasteiger partial charge on any atom is -0.383 e. The molecule has 3 rings (SSSR count). The molecule has 128 valence electrons. The zero-order valence-electron chi connectivity index (χ0n) is 12.5.